The van der Waals surface area contributed by atoms with Crippen LogP contribution in [0.2, 0.25) is 0 Å². The fourth-order valence-corrected chi connectivity index (χ4v) is 3.85. The van der Waals surface area contributed by atoms with Crippen molar-refractivity contribution in [1.82, 2.24) is 0 Å². The van der Waals surface area contributed by atoms with Gasteiger partial charge in [-0.05, 0) is 58.6 Å². The fraction of sp³-hybridized carbons (Fsp3) is 0.222. The van der Waals surface area contributed by atoms with Crippen LogP contribution in [-0.4, -0.2) is 12.4 Å². The summed E-state index contributed by atoms with van der Waals surface area (Å²) < 4.78 is 6.58. The molecule has 3 rings (SSSR count). The number of ether oxygens (including phenoxy) is 1. The summed E-state index contributed by atoms with van der Waals surface area (Å²) in [5.74, 6) is 0.918. The van der Waals surface area contributed by atoms with Crippen molar-refractivity contribution in [2.24, 2.45) is 0 Å². The maximum Gasteiger partial charge on any atom is 0.193 e. The minimum absolute atomic E-state index is 0.0565. The standard InChI is InChI=1S/C27H27BrO2/c1-4-30-25-16-15-23(19-24(25)28)27(2,3)17-9-11-20-10-8-14-22(18-20)26(29)21-12-6-5-7-13-21/h5-10,12-19H,4,11H2,1-3H3. The van der Waals surface area contributed by atoms with Crippen molar-refractivity contribution in [1.29, 1.82) is 0 Å². The molecule has 0 amide bonds. The predicted octanol–water partition coefficient (Wildman–Crippen LogP) is 7.16. The van der Waals surface area contributed by atoms with Gasteiger partial charge < -0.3 is 4.74 Å². The van der Waals surface area contributed by atoms with Crippen LogP contribution >= 0.6 is 15.9 Å². The summed E-state index contributed by atoms with van der Waals surface area (Å²) in [5.41, 5.74) is 3.65. The quantitative estimate of drug-likeness (QED) is 0.262. The van der Waals surface area contributed by atoms with Crippen molar-refractivity contribution < 1.29 is 9.53 Å². The van der Waals surface area contributed by atoms with Crippen molar-refractivity contribution in [2.75, 3.05) is 6.61 Å². The van der Waals surface area contributed by atoms with E-state index in [0.29, 0.717) is 12.2 Å². The predicted molar refractivity (Wildman–Crippen MR) is 127 cm³/mol. The topological polar surface area (TPSA) is 26.3 Å². The zero-order valence-electron chi connectivity index (χ0n) is 17.7. The normalized spacial score (nSPS) is 11.6. The largest absolute Gasteiger partial charge is 0.493 e. The molecule has 0 N–H and O–H groups in total. The molecule has 30 heavy (non-hydrogen) atoms. The third-order valence-corrected chi connectivity index (χ3v) is 5.71. The SMILES string of the molecule is CCOc1ccc(C(C)(C)C=CCc2cccc(C(=O)c3ccccc3)c2)cc1Br. The van der Waals surface area contributed by atoms with E-state index in [1.54, 1.807) is 0 Å². The molecule has 3 aromatic carbocycles. The second-order valence-electron chi connectivity index (χ2n) is 7.80. The van der Waals surface area contributed by atoms with Gasteiger partial charge in [-0.2, -0.15) is 0 Å². The Balaban J connectivity index is 1.71. The maximum atomic E-state index is 12.7. The molecule has 0 aromatic heterocycles. The van der Waals surface area contributed by atoms with Gasteiger partial charge in [0.15, 0.2) is 5.78 Å². The van der Waals surface area contributed by atoms with E-state index < -0.39 is 0 Å². The first-order chi connectivity index (χ1) is 14.4. The average Bonchev–Trinajstić information content (AvgIpc) is 2.75. The van der Waals surface area contributed by atoms with E-state index in [9.17, 15) is 4.79 Å². The summed E-state index contributed by atoms with van der Waals surface area (Å²) in [4.78, 5) is 12.7. The van der Waals surface area contributed by atoms with E-state index in [2.05, 4.69) is 60.1 Å². The van der Waals surface area contributed by atoms with Gasteiger partial charge in [-0.15, -0.1) is 0 Å². The van der Waals surface area contributed by atoms with Crippen LogP contribution in [0.5, 0.6) is 5.75 Å². The van der Waals surface area contributed by atoms with Crippen molar-refractivity contribution in [2.45, 2.75) is 32.6 Å². The number of halogens is 1. The molecule has 0 fully saturated rings. The van der Waals surface area contributed by atoms with Gasteiger partial charge in [0.2, 0.25) is 0 Å². The van der Waals surface area contributed by atoms with Crippen LogP contribution in [0, 0.1) is 0 Å². The van der Waals surface area contributed by atoms with Crippen LogP contribution in [0.3, 0.4) is 0 Å². The molecule has 0 saturated carbocycles. The molecule has 0 spiro atoms. The van der Waals surface area contributed by atoms with E-state index in [0.717, 1.165) is 27.8 Å². The molecule has 0 aliphatic rings. The van der Waals surface area contributed by atoms with Crippen LogP contribution in [-0.2, 0) is 11.8 Å². The number of carbonyl (C=O) groups is 1. The highest BCUT2D eigenvalue weighted by atomic mass is 79.9. The molecule has 3 aromatic rings. The van der Waals surface area contributed by atoms with Gasteiger partial charge in [-0.3, -0.25) is 4.79 Å². The third-order valence-electron chi connectivity index (χ3n) is 5.09. The van der Waals surface area contributed by atoms with Gasteiger partial charge in [-0.25, -0.2) is 0 Å². The molecule has 0 radical (unpaired) electrons. The average molecular weight is 463 g/mol. The van der Waals surface area contributed by atoms with E-state index in [4.69, 9.17) is 4.74 Å². The number of ketones is 1. The molecule has 154 valence electrons. The number of carbonyl (C=O) groups excluding carboxylic acids is 1. The highest BCUT2D eigenvalue weighted by Crippen LogP contribution is 2.32. The van der Waals surface area contributed by atoms with Crippen molar-refractivity contribution in [3.8, 4) is 5.75 Å². The highest BCUT2D eigenvalue weighted by Gasteiger charge is 2.18. The van der Waals surface area contributed by atoms with E-state index in [1.165, 1.54) is 5.56 Å². The Morgan fingerprint density at radius 3 is 2.40 bits per heavy atom. The minimum atomic E-state index is -0.120. The lowest BCUT2D eigenvalue weighted by molar-refractivity contribution is 0.103. The van der Waals surface area contributed by atoms with Gasteiger partial charge in [0, 0.05) is 16.5 Å². The van der Waals surface area contributed by atoms with Gasteiger partial charge in [0.05, 0.1) is 11.1 Å². The van der Waals surface area contributed by atoms with Crippen molar-refractivity contribution in [3.63, 3.8) is 0 Å². The third kappa shape index (κ3) is 5.48. The second-order valence-corrected chi connectivity index (χ2v) is 8.66. The molecule has 0 bridgehead atoms. The lowest BCUT2D eigenvalue weighted by Gasteiger charge is -2.22. The van der Waals surface area contributed by atoms with Gasteiger partial charge in [0.25, 0.3) is 0 Å². The molecular formula is C27H27BrO2. The Hall–Kier alpha value is -2.65. The summed E-state index contributed by atoms with van der Waals surface area (Å²) in [6.45, 7) is 7.02. The van der Waals surface area contributed by atoms with Crippen molar-refractivity contribution in [3.05, 3.63) is 112 Å². The van der Waals surface area contributed by atoms with Gasteiger partial charge in [-0.1, -0.05) is 80.6 Å². The first kappa shape index (κ1) is 22.0. The molecule has 0 atom stereocenters. The highest BCUT2D eigenvalue weighted by molar-refractivity contribution is 9.10. The molecule has 0 heterocycles. The summed E-state index contributed by atoms with van der Waals surface area (Å²) in [7, 11) is 0. The van der Waals surface area contributed by atoms with Crippen LogP contribution in [0.15, 0.2) is 89.4 Å². The molecule has 0 unspecified atom stereocenters. The minimum Gasteiger partial charge on any atom is -0.493 e. The van der Waals surface area contributed by atoms with Crippen LogP contribution in [0.1, 0.15) is 47.8 Å². The van der Waals surface area contributed by atoms with Gasteiger partial charge in [0.1, 0.15) is 5.75 Å². The molecule has 0 aliphatic carbocycles. The lowest BCUT2D eigenvalue weighted by Crippen LogP contribution is -2.13. The van der Waals surface area contributed by atoms with E-state index >= 15 is 0 Å². The lowest BCUT2D eigenvalue weighted by atomic mass is 9.84. The van der Waals surface area contributed by atoms with Crippen LogP contribution < -0.4 is 4.74 Å². The van der Waals surface area contributed by atoms with E-state index in [1.807, 2.05) is 61.5 Å². The molecule has 0 aliphatic heterocycles. The van der Waals surface area contributed by atoms with Crippen molar-refractivity contribution >= 4 is 21.7 Å². The van der Waals surface area contributed by atoms with E-state index in [-0.39, 0.29) is 11.2 Å². The first-order valence-corrected chi connectivity index (χ1v) is 11.0. The van der Waals surface area contributed by atoms with Crippen LogP contribution in [0.4, 0.5) is 0 Å². The fourth-order valence-electron chi connectivity index (χ4n) is 3.36. The van der Waals surface area contributed by atoms with Crippen LogP contribution in [0.25, 0.3) is 0 Å². The summed E-state index contributed by atoms with van der Waals surface area (Å²) in [5, 5.41) is 0. The maximum absolute atomic E-state index is 12.7. The number of allylic oxidation sites excluding steroid dienone is 2. The Kier molecular flexibility index (Phi) is 7.28. The first-order valence-electron chi connectivity index (χ1n) is 10.2. The number of hydrogen-bond acceptors (Lipinski definition) is 2. The monoisotopic (exact) mass is 462 g/mol. The summed E-state index contributed by atoms with van der Waals surface area (Å²) in [6.07, 6.45) is 5.18. The zero-order valence-corrected chi connectivity index (χ0v) is 19.3. The summed E-state index contributed by atoms with van der Waals surface area (Å²) in [6, 6.07) is 23.5. The number of hydrogen-bond donors (Lipinski definition) is 0. The zero-order chi connectivity index (χ0) is 21.6. The molecule has 2 nitrogen and oxygen atoms in total. The molecular weight excluding hydrogens is 436 g/mol. The smallest absolute Gasteiger partial charge is 0.193 e. The second kappa shape index (κ2) is 9.90. The molecule has 3 heteroatoms. The Labute approximate surface area is 187 Å². The van der Waals surface area contributed by atoms with Gasteiger partial charge >= 0.3 is 0 Å². The molecule has 0 saturated heterocycles. The summed E-state index contributed by atoms with van der Waals surface area (Å²) >= 11 is 3.61. The number of rotatable bonds is 8. The Morgan fingerprint density at radius 1 is 0.967 bits per heavy atom. The Morgan fingerprint density at radius 2 is 1.70 bits per heavy atom. The Bertz CT molecular complexity index is 1040. The number of benzene rings is 3.